The first-order valence-electron chi connectivity index (χ1n) is 7.61. The summed E-state index contributed by atoms with van der Waals surface area (Å²) in [6.07, 6.45) is 4.01. The van der Waals surface area contributed by atoms with Crippen molar-refractivity contribution >= 4 is 41.3 Å². The second-order valence-corrected chi connectivity index (χ2v) is 5.92. The number of rotatable bonds is 5. The van der Waals surface area contributed by atoms with Crippen LogP contribution in [-0.4, -0.2) is 46.0 Å². The fourth-order valence-electron chi connectivity index (χ4n) is 2.05. The van der Waals surface area contributed by atoms with Gasteiger partial charge in [-0.1, -0.05) is 23.9 Å². The van der Waals surface area contributed by atoms with Gasteiger partial charge in [-0.2, -0.15) is 5.10 Å². The number of aromatic hydroxyl groups is 2. The van der Waals surface area contributed by atoms with Crippen LogP contribution >= 0.6 is 11.8 Å². The van der Waals surface area contributed by atoms with Crippen molar-refractivity contribution in [1.82, 2.24) is 0 Å². The fourth-order valence-corrected chi connectivity index (χ4v) is 2.33. The molecule has 1 radical (unpaired) electrons. The zero-order valence-corrected chi connectivity index (χ0v) is 16.5. The Kier molecular flexibility index (Phi) is 9.07. The molecule has 0 unspecified atom stereocenters. The second kappa shape index (κ2) is 11.0. The topological polar surface area (TPSA) is 158 Å². The van der Waals surface area contributed by atoms with E-state index < -0.39 is 23.4 Å². The minimum atomic E-state index is -1.52. The molecule has 2 rings (SSSR count). The first kappa shape index (κ1) is 23.9. The Labute approximate surface area is 180 Å². The first-order chi connectivity index (χ1) is 13.3. The van der Waals surface area contributed by atoms with Crippen molar-refractivity contribution in [1.29, 1.82) is 0 Å². The molecule has 0 aliphatic rings. The van der Waals surface area contributed by atoms with Crippen LogP contribution in [0, 0.1) is 0 Å². The summed E-state index contributed by atoms with van der Waals surface area (Å²) < 4.78 is 0. The molecule has 0 aromatic heterocycles. The first-order valence-corrected chi connectivity index (χ1v) is 8.83. The van der Waals surface area contributed by atoms with Gasteiger partial charge in [-0.15, -0.1) is 5.10 Å². The number of nitrogens with zero attached hydrogens (tertiary/aromatic N) is 3. The van der Waals surface area contributed by atoms with Crippen molar-refractivity contribution in [2.24, 2.45) is 15.2 Å². The van der Waals surface area contributed by atoms with Gasteiger partial charge in [-0.05, 0) is 30.5 Å². The van der Waals surface area contributed by atoms with Gasteiger partial charge in [0.25, 0.3) is 0 Å². The second-order valence-electron chi connectivity index (χ2n) is 5.15. The van der Waals surface area contributed by atoms with Crippen molar-refractivity contribution in [3.63, 3.8) is 0 Å². The number of hydrogen-bond donors (Lipinski definition) is 2. The molecule has 0 aliphatic carbocycles. The minimum Gasteiger partial charge on any atom is -0.545 e. The van der Waals surface area contributed by atoms with Crippen LogP contribution < -0.4 is 10.2 Å². The van der Waals surface area contributed by atoms with Crippen LogP contribution in [0.1, 0.15) is 31.8 Å². The van der Waals surface area contributed by atoms with Crippen LogP contribution in [0.4, 0.5) is 0 Å². The van der Waals surface area contributed by atoms with Crippen LogP contribution in [0.15, 0.2) is 51.6 Å². The van der Waals surface area contributed by atoms with E-state index in [1.165, 1.54) is 42.6 Å². The van der Waals surface area contributed by atoms with Crippen molar-refractivity contribution in [2.45, 2.75) is 0 Å². The van der Waals surface area contributed by atoms with Gasteiger partial charge in [0.2, 0.25) is 5.17 Å². The van der Waals surface area contributed by atoms with Gasteiger partial charge in [0.1, 0.15) is 11.5 Å². The third-order valence-corrected chi connectivity index (χ3v) is 3.96. The minimum absolute atomic E-state index is 0. The summed E-state index contributed by atoms with van der Waals surface area (Å²) in [5.74, 6) is -4.03. The van der Waals surface area contributed by atoms with E-state index in [1.54, 1.807) is 6.26 Å². The SMILES string of the molecule is CSC(N=Cc1cccc(C(=O)[O-])c1O)=NN=Cc1cccc(C(=O)[O-])c1O.[Cu]. The molecule has 0 saturated carbocycles. The van der Waals surface area contributed by atoms with E-state index in [1.807, 2.05) is 0 Å². The molecule has 0 atom stereocenters. The van der Waals surface area contributed by atoms with Gasteiger partial charge in [-0.25, -0.2) is 4.99 Å². The van der Waals surface area contributed by atoms with Gasteiger partial charge in [0.15, 0.2) is 0 Å². The van der Waals surface area contributed by atoms with E-state index >= 15 is 0 Å². The van der Waals surface area contributed by atoms with Gasteiger partial charge in [0.05, 0.1) is 18.2 Å². The Morgan fingerprint density at radius 2 is 1.41 bits per heavy atom. The molecular formula is C18H13CuN3O6S-2. The van der Waals surface area contributed by atoms with Gasteiger partial charge in [-0.3, -0.25) is 0 Å². The molecule has 0 aliphatic heterocycles. The van der Waals surface area contributed by atoms with Crippen molar-refractivity contribution < 1.29 is 47.1 Å². The van der Waals surface area contributed by atoms with Crippen LogP contribution in [0.5, 0.6) is 11.5 Å². The maximum absolute atomic E-state index is 10.9. The molecule has 9 nitrogen and oxygen atoms in total. The number of benzene rings is 2. The predicted octanol–water partition coefficient (Wildman–Crippen LogP) is -0.00570. The monoisotopic (exact) mass is 462 g/mol. The summed E-state index contributed by atoms with van der Waals surface area (Å²) in [5, 5.41) is 49.3. The summed E-state index contributed by atoms with van der Waals surface area (Å²) >= 11 is 1.11. The molecule has 2 aromatic carbocycles. The van der Waals surface area contributed by atoms with Crippen LogP contribution in [0.2, 0.25) is 0 Å². The van der Waals surface area contributed by atoms with Crippen molar-refractivity contribution in [3.8, 4) is 11.5 Å². The number of thioether (sulfide) groups is 1. The molecule has 0 heterocycles. The van der Waals surface area contributed by atoms with Gasteiger partial charge in [0, 0.05) is 45.5 Å². The van der Waals surface area contributed by atoms with Crippen LogP contribution in [0.3, 0.4) is 0 Å². The zero-order valence-electron chi connectivity index (χ0n) is 14.7. The quantitative estimate of drug-likeness (QED) is 0.274. The molecule has 2 aromatic rings. The third kappa shape index (κ3) is 6.18. The van der Waals surface area contributed by atoms with E-state index in [9.17, 15) is 30.0 Å². The molecular weight excluding hydrogens is 450 g/mol. The number of carbonyl (C=O) groups excluding carboxylic acids is 2. The largest absolute Gasteiger partial charge is 0.545 e. The molecule has 29 heavy (non-hydrogen) atoms. The number of carboxylic acids is 2. The number of aliphatic imine (C=N–C) groups is 1. The molecule has 0 fully saturated rings. The van der Waals surface area contributed by atoms with E-state index in [0.29, 0.717) is 0 Å². The van der Waals surface area contributed by atoms with E-state index in [2.05, 4.69) is 15.2 Å². The molecule has 0 spiro atoms. The Hall–Kier alpha value is -3.14. The Morgan fingerprint density at radius 3 is 1.86 bits per heavy atom. The van der Waals surface area contributed by atoms with Crippen molar-refractivity contribution in [3.05, 3.63) is 58.7 Å². The Morgan fingerprint density at radius 1 is 0.931 bits per heavy atom. The van der Waals surface area contributed by atoms with Crippen LogP contribution in [-0.2, 0) is 17.1 Å². The number of carboxylic acid groups (broad SMARTS) is 2. The number of aromatic carboxylic acids is 2. The maximum Gasteiger partial charge on any atom is 0.208 e. The number of phenols is 2. The van der Waals surface area contributed by atoms with Crippen LogP contribution in [0.25, 0.3) is 0 Å². The summed E-state index contributed by atoms with van der Waals surface area (Å²) in [5.41, 5.74) is -0.479. The fraction of sp³-hybridized carbons (Fsp3) is 0.0556. The average molecular weight is 463 g/mol. The smallest absolute Gasteiger partial charge is 0.208 e. The number of carbonyl (C=O) groups is 2. The van der Waals surface area contributed by atoms with E-state index in [0.717, 1.165) is 18.0 Å². The molecule has 0 amide bonds. The summed E-state index contributed by atoms with van der Waals surface area (Å²) in [7, 11) is 0. The van der Waals surface area contributed by atoms with E-state index in [4.69, 9.17) is 0 Å². The standard InChI is InChI=1S/C18H15N3O6S.Cu/c1-28-18(19-8-10-4-2-6-12(14(10)22)16(24)25)21-20-9-11-5-3-7-13(15(11)23)17(26)27;/h2-9,22-23H,1H3,(H,24,25)(H,26,27);/p-2. The molecule has 0 saturated heterocycles. The summed E-state index contributed by atoms with van der Waals surface area (Å²) in [4.78, 5) is 25.8. The average Bonchev–Trinajstić information content (AvgIpc) is 2.66. The van der Waals surface area contributed by atoms with Gasteiger partial charge >= 0.3 is 0 Å². The Bertz CT molecular complexity index is 1010. The zero-order chi connectivity index (χ0) is 20.7. The summed E-state index contributed by atoms with van der Waals surface area (Å²) in [6, 6.07) is 8.12. The Balaban J connectivity index is 0.00000420. The molecule has 2 N–H and O–H groups in total. The third-order valence-electron chi connectivity index (χ3n) is 3.41. The van der Waals surface area contributed by atoms with Gasteiger partial charge < -0.3 is 30.0 Å². The van der Waals surface area contributed by atoms with Crippen molar-refractivity contribution in [2.75, 3.05) is 6.26 Å². The molecule has 155 valence electrons. The predicted molar refractivity (Wildman–Crippen MR) is 101 cm³/mol. The molecule has 0 bridgehead atoms. The number of hydrogen-bond acceptors (Lipinski definition) is 9. The number of para-hydroxylation sites is 2. The van der Waals surface area contributed by atoms with E-state index in [-0.39, 0.29) is 44.5 Å². The maximum atomic E-state index is 10.9. The number of amidine groups is 1. The molecule has 11 heteroatoms. The normalized spacial score (nSPS) is 11.6. The summed E-state index contributed by atoms with van der Waals surface area (Å²) in [6.45, 7) is 0.